The largest absolute Gasteiger partial charge is 0.322 e. The van der Waals surface area contributed by atoms with Gasteiger partial charge in [0.1, 0.15) is 11.6 Å². The summed E-state index contributed by atoms with van der Waals surface area (Å²) in [5.74, 6) is -2.88. The predicted octanol–water partition coefficient (Wildman–Crippen LogP) is 4.82. The third-order valence-electron chi connectivity index (χ3n) is 4.33. The van der Waals surface area contributed by atoms with E-state index in [1.54, 1.807) is 6.92 Å². The fourth-order valence-electron chi connectivity index (χ4n) is 2.69. The lowest BCUT2D eigenvalue weighted by atomic mass is 9.82. The molecule has 3 nitrogen and oxygen atoms in total. The number of benzene rings is 2. The van der Waals surface area contributed by atoms with Crippen molar-refractivity contribution in [3.8, 4) is 0 Å². The molecule has 0 unspecified atom stereocenters. The maximum atomic E-state index is 14.0. The first-order valence-electron chi connectivity index (χ1n) is 8.06. The number of amides is 1. The van der Waals surface area contributed by atoms with Gasteiger partial charge in [0.25, 0.3) is 5.91 Å². The fourth-order valence-corrected chi connectivity index (χ4v) is 4.08. The lowest BCUT2D eigenvalue weighted by Gasteiger charge is -2.33. The molecule has 1 aliphatic carbocycles. The maximum absolute atomic E-state index is 14.0. The Labute approximate surface area is 153 Å². The highest BCUT2D eigenvalue weighted by Crippen LogP contribution is 2.41. The van der Waals surface area contributed by atoms with Gasteiger partial charge in [0.05, 0.1) is 0 Å². The molecule has 3 rings (SSSR count). The highest BCUT2D eigenvalue weighted by atomic mass is 32.2. The predicted molar refractivity (Wildman–Crippen MR) is 93.8 cm³/mol. The molecule has 0 bridgehead atoms. The molecular formula is C19H16F3NO2S. The summed E-state index contributed by atoms with van der Waals surface area (Å²) in [5.41, 5.74) is 0.316. The summed E-state index contributed by atoms with van der Waals surface area (Å²) in [6.07, 6.45) is 1.40. The zero-order valence-corrected chi connectivity index (χ0v) is 14.7. The maximum Gasteiger partial charge on any atom is 0.255 e. The van der Waals surface area contributed by atoms with E-state index in [9.17, 15) is 22.8 Å². The molecule has 1 N–H and O–H groups in total. The molecule has 0 radical (unpaired) electrons. The molecule has 1 fully saturated rings. The van der Waals surface area contributed by atoms with Crippen LogP contribution in [0.1, 0.15) is 30.1 Å². The SMILES string of the molecule is CC(=O)C1CC(Sc2cc(C(=O)Nc3ccc(F)c(F)c3)ccc2F)C1. The number of hydrogen-bond acceptors (Lipinski definition) is 3. The Balaban J connectivity index is 1.69. The fraction of sp³-hybridized carbons (Fsp3) is 0.263. The molecule has 0 atom stereocenters. The Hall–Kier alpha value is -2.28. The molecule has 0 saturated heterocycles. The first-order valence-corrected chi connectivity index (χ1v) is 8.94. The second-order valence-corrected chi connectivity index (χ2v) is 7.59. The molecule has 1 saturated carbocycles. The summed E-state index contributed by atoms with van der Waals surface area (Å²) in [6, 6.07) is 6.99. The van der Waals surface area contributed by atoms with Gasteiger partial charge < -0.3 is 5.32 Å². The molecule has 7 heteroatoms. The Bertz CT molecular complexity index is 866. The number of ketones is 1. The van der Waals surface area contributed by atoms with E-state index in [1.165, 1.54) is 36.0 Å². The van der Waals surface area contributed by atoms with E-state index in [2.05, 4.69) is 5.32 Å². The number of thioether (sulfide) groups is 1. The summed E-state index contributed by atoms with van der Waals surface area (Å²) in [5, 5.41) is 2.60. The van der Waals surface area contributed by atoms with Gasteiger partial charge in [-0.15, -0.1) is 11.8 Å². The molecule has 1 amide bonds. The molecule has 2 aromatic rings. The van der Waals surface area contributed by atoms with Crippen LogP contribution in [0, 0.1) is 23.4 Å². The van der Waals surface area contributed by atoms with E-state index in [1.807, 2.05) is 0 Å². The van der Waals surface area contributed by atoms with Crippen molar-refractivity contribution in [1.82, 2.24) is 0 Å². The minimum Gasteiger partial charge on any atom is -0.322 e. The van der Waals surface area contributed by atoms with Gasteiger partial charge in [-0.2, -0.15) is 0 Å². The van der Waals surface area contributed by atoms with E-state index >= 15 is 0 Å². The summed E-state index contributed by atoms with van der Waals surface area (Å²) < 4.78 is 40.2. The van der Waals surface area contributed by atoms with Crippen LogP contribution in [0.4, 0.5) is 18.9 Å². The van der Waals surface area contributed by atoms with Gasteiger partial charge >= 0.3 is 0 Å². The van der Waals surface area contributed by atoms with Crippen molar-refractivity contribution < 1.29 is 22.8 Å². The third-order valence-corrected chi connectivity index (χ3v) is 5.62. The van der Waals surface area contributed by atoms with Crippen LogP contribution in [0.15, 0.2) is 41.3 Å². The van der Waals surface area contributed by atoms with Crippen molar-refractivity contribution in [3.05, 3.63) is 59.4 Å². The first-order chi connectivity index (χ1) is 12.3. The molecule has 26 heavy (non-hydrogen) atoms. The topological polar surface area (TPSA) is 46.2 Å². The monoisotopic (exact) mass is 379 g/mol. The van der Waals surface area contributed by atoms with Crippen molar-refractivity contribution in [3.63, 3.8) is 0 Å². The van der Waals surface area contributed by atoms with Crippen molar-refractivity contribution in [2.75, 3.05) is 5.32 Å². The van der Waals surface area contributed by atoms with Crippen LogP contribution in [-0.4, -0.2) is 16.9 Å². The van der Waals surface area contributed by atoms with Crippen LogP contribution < -0.4 is 5.32 Å². The van der Waals surface area contributed by atoms with Gasteiger partial charge in [-0.3, -0.25) is 9.59 Å². The summed E-state index contributed by atoms with van der Waals surface area (Å²) in [7, 11) is 0. The number of halogens is 3. The molecule has 2 aromatic carbocycles. The van der Waals surface area contributed by atoms with Gasteiger partial charge in [0.2, 0.25) is 0 Å². The second kappa shape index (κ2) is 7.53. The van der Waals surface area contributed by atoms with Crippen LogP contribution in [0.25, 0.3) is 0 Å². The van der Waals surface area contributed by atoms with E-state index in [0.29, 0.717) is 17.7 Å². The zero-order valence-electron chi connectivity index (χ0n) is 13.9. The van der Waals surface area contributed by atoms with Crippen molar-refractivity contribution >= 4 is 29.1 Å². The minimum absolute atomic E-state index is 0.0374. The minimum atomic E-state index is -1.07. The Morgan fingerprint density at radius 2 is 1.69 bits per heavy atom. The number of nitrogens with one attached hydrogen (secondary N) is 1. The Kier molecular flexibility index (Phi) is 5.36. The quantitative estimate of drug-likeness (QED) is 0.811. The van der Waals surface area contributed by atoms with Crippen molar-refractivity contribution in [2.45, 2.75) is 29.9 Å². The molecule has 0 heterocycles. The number of hydrogen-bond donors (Lipinski definition) is 1. The number of anilines is 1. The first kappa shape index (κ1) is 18.5. The lowest BCUT2D eigenvalue weighted by molar-refractivity contribution is -0.122. The Morgan fingerprint density at radius 1 is 1.00 bits per heavy atom. The number of carbonyl (C=O) groups excluding carboxylic acids is 2. The third kappa shape index (κ3) is 4.09. The van der Waals surface area contributed by atoms with Crippen LogP contribution in [0.5, 0.6) is 0 Å². The second-order valence-electron chi connectivity index (χ2n) is 6.25. The average Bonchev–Trinajstić information content (AvgIpc) is 2.55. The molecule has 0 aliphatic heterocycles. The van der Waals surface area contributed by atoms with Crippen molar-refractivity contribution in [1.29, 1.82) is 0 Å². The van der Waals surface area contributed by atoms with Gasteiger partial charge in [-0.05, 0) is 50.1 Å². The van der Waals surface area contributed by atoms with Crippen LogP contribution in [0.2, 0.25) is 0 Å². The van der Waals surface area contributed by atoms with E-state index in [4.69, 9.17) is 0 Å². The van der Waals surface area contributed by atoms with Gasteiger partial charge in [0.15, 0.2) is 11.6 Å². The molecular weight excluding hydrogens is 363 g/mol. The van der Waals surface area contributed by atoms with Crippen LogP contribution in [0.3, 0.4) is 0 Å². The highest BCUT2D eigenvalue weighted by molar-refractivity contribution is 8.00. The molecule has 1 aliphatic rings. The van der Waals surface area contributed by atoms with E-state index in [-0.39, 0.29) is 28.2 Å². The number of carbonyl (C=O) groups is 2. The lowest BCUT2D eigenvalue weighted by Crippen LogP contribution is -2.31. The average molecular weight is 379 g/mol. The zero-order chi connectivity index (χ0) is 18.8. The molecule has 0 spiro atoms. The summed E-state index contributed by atoms with van der Waals surface area (Å²) in [4.78, 5) is 23.9. The molecule has 136 valence electrons. The van der Waals surface area contributed by atoms with Gasteiger partial charge in [0, 0.05) is 33.4 Å². The number of rotatable bonds is 5. The van der Waals surface area contributed by atoms with Crippen LogP contribution in [-0.2, 0) is 4.79 Å². The van der Waals surface area contributed by atoms with Crippen molar-refractivity contribution in [2.24, 2.45) is 5.92 Å². The molecule has 0 aromatic heterocycles. The number of Topliss-reactive ketones (excluding diaryl/α,β-unsaturated/α-hetero) is 1. The van der Waals surface area contributed by atoms with Gasteiger partial charge in [-0.25, -0.2) is 13.2 Å². The van der Waals surface area contributed by atoms with E-state index in [0.717, 1.165) is 12.1 Å². The van der Waals surface area contributed by atoms with Gasteiger partial charge in [-0.1, -0.05) is 0 Å². The summed E-state index contributed by atoms with van der Waals surface area (Å²) >= 11 is 1.30. The Morgan fingerprint density at radius 3 is 2.35 bits per heavy atom. The standard InChI is InChI=1S/C19H16F3NO2S/c1-10(24)12-6-14(7-12)26-18-8-11(2-4-16(18)21)19(25)23-13-3-5-15(20)17(22)9-13/h2-5,8-9,12,14H,6-7H2,1H3,(H,23,25). The summed E-state index contributed by atoms with van der Waals surface area (Å²) in [6.45, 7) is 1.55. The van der Waals surface area contributed by atoms with Crippen LogP contribution >= 0.6 is 11.8 Å². The normalized spacial score (nSPS) is 18.9. The smallest absolute Gasteiger partial charge is 0.255 e. The highest BCUT2D eigenvalue weighted by Gasteiger charge is 2.33. The van der Waals surface area contributed by atoms with E-state index < -0.39 is 23.4 Å².